The molecule has 136 valence electrons. The molecule has 3 fully saturated rings. The zero-order valence-electron chi connectivity index (χ0n) is 14.3. The highest BCUT2D eigenvalue weighted by molar-refractivity contribution is 5.91. The highest BCUT2D eigenvalue weighted by Gasteiger charge is 2.46. The third-order valence-corrected chi connectivity index (χ3v) is 5.31. The lowest BCUT2D eigenvalue weighted by Gasteiger charge is -2.41. The van der Waals surface area contributed by atoms with Crippen LogP contribution in [0.3, 0.4) is 0 Å². The van der Waals surface area contributed by atoms with Crippen LogP contribution >= 0.6 is 0 Å². The van der Waals surface area contributed by atoms with Crippen LogP contribution in [-0.4, -0.2) is 88.5 Å². The summed E-state index contributed by atoms with van der Waals surface area (Å²) in [5.41, 5.74) is 0. The Kier molecular flexibility index (Phi) is 4.43. The van der Waals surface area contributed by atoms with Gasteiger partial charge in [0.2, 0.25) is 11.7 Å². The number of amides is 2. The minimum atomic E-state index is -0.241. The van der Waals surface area contributed by atoms with Crippen molar-refractivity contribution in [2.45, 2.75) is 12.5 Å². The highest BCUT2D eigenvalue weighted by Crippen LogP contribution is 2.35. The van der Waals surface area contributed by atoms with Crippen LogP contribution in [0.4, 0.5) is 0 Å². The van der Waals surface area contributed by atoms with Crippen LogP contribution < -0.4 is 0 Å². The molecule has 9 nitrogen and oxygen atoms in total. The number of rotatable bonds is 2. The molecule has 3 aliphatic heterocycles. The lowest BCUT2D eigenvalue weighted by Crippen LogP contribution is -2.56. The first-order valence-electron chi connectivity index (χ1n) is 8.76. The fourth-order valence-corrected chi connectivity index (χ4v) is 4.00. The summed E-state index contributed by atoms with van der Waals surface area (Å²) in [5.74, 6) is -0.0239. The van der Waals surface area contributed by atoms with E-state index in [0.717, 1.165) is 6.42 Å². The molecule has 0 radical (unpaired) electrons. The molecular weight excluding hydrogens is 326 g/mol. The van der Waals surface area contributed by atoms with Gasteiger partial charge in [-0.1, -0.05) is 0 Å². The quantitative estimate of drug-likeness (QED) is 0.691. The number of carbonyl (C=O) groups is 2. The van der Waals surface area contributed by atoms with Crippen LogP contribution in [-0.2, 0) is 21.3 Å². The van der Waals surface area contributed by atoms with Crippen molar-refractivity contribution in [2.24, 2.45) is 18.9 Å². The summed E-state index contributed by atoms with van der Waals surface area (Å²) in [6, 6.07) is 0. The fourth-order valence-electron chi connectivity index (χ4n) is 4.00. The van der Waals surface area contributed by atoms with Gasteiger partial charge in [-0.2, -0.15) is 0 Å². The van der Waals surface area contributed by atoms with Crippen molar-refractivity contribution in [3.05, 3.63) is 12.2 Å². The predicted octanol–water partition coefficient (Wildman–Crippen LogP) is -0.849. The van der Waals surface area contributed by atoms with Gasteiger partial charge < -0.3 is 19.3 Å². The van der Waals surface area contributed by atoms with Gasteiger partial charge in [-0.3, -0.25) is 14.3 Å². The first-order valence-corrected chi connectivity index (χ1v) is 8.76. The molecule has 0 saturated carbocycles. The summed E-state index contributed by atoms with van der Waals surface area (Å²) in [5, 5.41) is 4.09. The monoisotopic (exact) mass is 349 g/mol. The van der Waals surface area contributed by atoms with Crippen molar-refractivity contribution in [2.75, 3.05) is 46.0 Å². The Bertz CT molecular complexity index is 657. The summed E-state index contributed by atoms with van der Waals surface area (Å²) in [7, 11) is 1.72. The number of ether oxygens (including phenoxy) is 2. The van der Waals surface area contributed by atoms with Gasteiger partial charge in [0.25, 0.3) is 5.91 Å². The van der Waals surface area contributed by atoms with E-state index in [4.69, 9.17) is 9.47 Å². The van der Waals surface area contributed by atoms with Gasteiger partial charge in [0, 0.05) is 45.8 Å². The van der Waals surface area contributed by atoms with Crippen molar-refractivity contribution >= 4 is 11.8 Å². The Hall–Kier alpha value is -2.00. The maximum Gasteiger partial charge on any atom is 0.293 e. The number of fused-ring (bicyclic) bond motifs is 1. The standard InChI is InChI=1S/C16H23N5O4/c1-19-10-17-14(18-19)16(23)21-8-12(11-2-5-25-13(11)9-21)15(22)20-3-6-24-7-4-20/h10-13H,2-9H2,1H3/t11-,12+,13+/m0/s1. The Balaban J connectivity index is 1.53. The van der Waals surface area contributed by atoms with Crippen molar-refractivity contribution in [1.82, 2.24) is 24.6 Å². The highest BCUT2D eigenvalue weighted by atomic mass is 16.5. The average molecular weight is 349 g/mol. The van der Waals surface area contributed by atoms with Crippen LogP contribution in [0.15, 0.2) is 6.33 Å². The summed E-state index contributed by atoms with van der Waals surface area (Å²) >= 11 is 0. The number of likely N-dealkylation sites (tertiary alicyclic amines) is 1. The first kappa shape index (κ1) is 16.5. The molecule has 3 atom stereocenters. The molecule has 2 amide bonds. The van der Waals surface area contributed by atoms with Gasteiger partial charge in [0.05, 0.1) is 25.2 Å². The molecule has 1 aromatic rings. The zero-order valence-corrected chi connectivity index (χ0v) is 14.3. The minimum absolute atomic E-state index is 0.0867. The summed E-state index contributed by atoms with van der Waals surface area (Å²) in [6.45, 7) is 3.91. The molecule has 0 N–H and O–H groups in total. The van der Waals surface area contributed by atoms with E-state index in [1.54, 1.807) is 11.9 Å². The molecule has 0 aromatic carbocycles. The Morgan fingerprint density at radius 1 is 1.16 bits per heavy atom. The maximum atomic E-state index is 13.0. The molecule has 0 aliphatic carbocycles. The van der Waals surface area contributed by atoms with Gasteiger partial charge in [0.1, 0.15) is 6.33 Å². The number of hydrogen-bond acceptors (Lipinski definition) is 6. The third kappa shape index (κ3) is 3.13. The SMILES string of the molecule is Cn1cnc(C(=O)N2C[C@H]3OCC[C@H]3[C@H](C(=O)N3CCOCC3)C2)n1. The molecule has 3 saturated heterocycles. The molecule has 0 spiro atoms. The van der Waals surface area contributed by atoms with Crippen LogP contribution in [0.25, 0.3) is 0 Å². The normalized spacial score (nSPS) is 29.6. The molecule has 9 heteroatoms. The average Bonchev–Trinajstić information content (AvgIpc) is 3.29. The molecule has 4 rings (SSSR count). The van der Waals surface area contributed by atoms with Crippen molar-refractivity contribution in [3.63, 3.8) is 0 Å². The van der Waals surface area contributed by atoms with E-state index in [2.05, 4.69) is 10.1 Å². The Labute approximate surface area is 145 Å². The molecule has 1 aromatic heterocycles. The van der Waals surface area contributed by atoms with Crippen LogP contribution in [0, 0.1) is 11.8 Å². The largest absolute Gasteiger partial charge is 0.378 e. The third-order valence-electron chi connectivity index (χ3n) is 5.31. The smallest absolute Gasteiger partial charge is 0.293 e. The second-order valence-corrected chi connectivity index (χ2v) is 6.86. The summed E-state index contributed by atoms with van der Waals surface area (Å²) in [4.78, 5) is 33.4. The number of aromatic nitrogens is 3. The number of hydrogen-bond donors (Lipinski definition) is 0. The van der Waals surface area contributed by atoms with Crippen molar-refractivity contribution in [3.8, 4) is 0 Å². The maximum absolute atomic E-state index is 13.0. The van der Waals surface area contributed by atoms with Crippen LogP contribution in [0.1, 0.15) is 17.0 Å². The molecule has 0 unspecified atom stereocenters. The van der Waals surface area contributed by atoms with Crippen LogP contribution in [0.2, 0.25) is 0 Å². The van der Waals surface area contributed by atoms with Crippen molar-refractivity contribution in [1.29, 1.82) is 0 Å². The van der Waals surface area contributed by atoms with Gasteiger partial charge in [-0.05, 0) is 6.42 Å². The molecule has 3 aliphatic rings. The number of piperidine rings is 1. The molecule has 0 bridgehead atoms. The van der Waals surface area contributed by atoms with E-state index in [1.165, 1.54) is 11.0 Å². The van der Waals surface area contributed by atoms with E-state index < -0.39 is 0 Å². The lowest BCUT2D eigenvalue weighted by atomic mass is 9.81. The number of nitrogens with zero attached hydrogens (tertiary/aromatic N) is 5. The molecular formula is C16H23N5O4. The molecule has 25 heavy (non-hydrogen) atoms. The van der Waals surface area contributed by atoms with E-state index in [1.807, 2.05) is 4.90 Å². The Morgan fingerprint density at radius 2 is 1.96 bits per heavy atom. The zero-order chi connectivity index (χ0) is 17.4. The molecule has 4 heterocycles. The van der Waals surface area contributed by atoms with E-state index in [-0.39, 0.29) is 35.6 Å². The van der Waals surface area contributed by atoms with E-state index in [0.29, 0.717) is 46.0 Å². The minimum Gasteiger partial charge on any atom is -0.378 e. The van der Waals surface area contributed by atoms with Gasteiger partial charge >= 0.3 is 0 Å². The van der Waals surface area contributed by atoms with E-state index in [9.17, 15) is 9.59 Å². The summed E-state index contributed by atoms with van der Waals surface area (Å²) < 4.78 is 12.7. The second-order valence-electron chi connectivity index (χ2n) is 6.86. The van der Waals surface area contributed by atoms with Gasteiger partial charge in [0.15, 0.2) is 0 Å². The lowest BCUT2D eigenvalue weighted by molar-refractivity contribution is -0.145. The summed E-state index contributed by atoms with van der Waals surface area (Å²) in [6.07, 6.45) is 2.29. The van der Waals surface area contributed by atoms with Crippen molar-refractivity contribution < 1.29 is 19.1 Å². The second kappa shape index (κ2) is 6.72. The van der Waals surface area contributed by atoms with E-state index >= 15 is 0 Å². The first-order chi connectivity index (χ1) is 12.1. The topological polar surface area (TPSA) is 89.8 Å². The van der Waals surface area contributed by atoms with Gasteiger partial charge in [-0.15, -0.1) is 5.10 Å². The number of aryl methyl sites for hydroxylation is 1. The number of morpholine rings is 1. The fraction of sp³-hybridized carbons (Fsp3) is 0.750. The van der Waals surface area contributed by atoms with Gasteiger partial charge in [-0.25, -0.2) is 4.98 Å². The number of carbonyl (C=O) groups excluding carboxylic acids is 2. The van der Waals surface area contributed by atoms with Crippen LogP contribution in [0.5, 0.6) is 0 Å². The predicted molar refractivity (Wildman–Crippen MR) is 85.6 cm³/mol. The Morgan fingerprint density at radius 3 is 2.68 bits per heavy atom.